The number of benzene rings is 1. The highest BCUT2D eigenvalue weighted by Gasteiger charge is 2.19. The number of halogens is 1. The van der Waals surface area contributed by atoms with Crippen molar-refractivity contribution in [2.75, 3.05) is 33.9 Å². The number of nitrogens with zero attached hydrogens (tertiary/aromatic N) is 1. The fraction of sp³-hybridized carbons (Fsp3) is 0.300. The lowest BCUT2D eigenvalue weighted by atomic mass is 10.1. The van der Waals surface area contributed by atoms with Crippen LogP contribution in [0.1, 0.15) is 20.8 Å². The normalized spacial score (nSPS) is 15.6. The zero-order chi connectivity index (χ0) is 20.8. The van der Waals surface area contributed by atoms with Crippen LogP contribution in [0.3, 0.4) is 0 Å². The zero-order valence-electron chi connectivity index (χ0n) is 16.2. The van der Waals surface area contributed by atoms with Crippen molar-refractivity contribution in [2.45, 2.75) is 6.10 Å². The predicted molar refractivity (Wildman–Crippen MR) is 115 cm³/mol. The van der Waals surface area contributed by atoms with Crippen molar-refractivity contribution >= 4 is 40.4 Å². The summed E-state index contributed by atoms with van der Waals surface area (Å²) in [6, 6.07) is 11.1. The largest absolute Gasteiger partial charge is 0.383 e. The molecule has 1 aliphatic rings. The molecule has 0 fully saturated rings. The maximum atomic E-state index is 12.1. The van der Waals surface area contributed by atoms with E-state index in [9.17, 15) is 4.79 Å². The second-order valence-corrected chi connectivity index (χ2v) is 8.21. The van der Waals surface area contributed by atoms with E-state index in [1.807, 2.05) is 42.3 Å². The van der Waals surface area contributed by atoms with Crippen molar-refractivity contribution in [2.24, 2.45) is 0 Å². The summed E-state index contributed by atoms with van der Waals surface area (Å²) in [4.78, 5) is 20.0. The Morgan fingerprint density at radius 2 is 2.10 bits per heavy atom. The summed E-state index contributed by atoms with van der Waals surface area (Å²) < 4.78 is 5.64. The summed E-state index contributed by atoms with van der Waals surface area (Å²) in [5, 5.41) is 11.1. The van der Waals surface area contributed by atoms with Gasteiger partial charge in [0.2, 0.25) is 0 Å². The van der Waals surface area contributed by atoms with Crippen LogP contribution >= 0.6 is 22.9 Å². The molecular formula is C20H23ClN4O3S. The van der Waals surface area contributed by atoms with Gasteiger partial charge in [0.25, 0.3) is 5.91 Å². The minimum Gasteiger partial charge on any atom is -0.383 e. The summed E-state index contributed by atoms with van der Waals surface area (Å²) in [7, 11) is 3.51. The Morgan fingerprint density at radius 3 is 2.76 bits per heavy atom. The van der Waals surface area contributed by atoms with E-state index in [0.717, 1.165) is 16.8 Å². The van der Waals surface area contributed by atoms with Crippen LogP contribution in [0, 0.1) is 5.41 Å². The van der Waals surface area contributed by atoms with Gasteiger partial charge < -0.3 is 15.0 Å². The molecular weight excluding hydrogens is 412 g/mol. The molecule has 0 bridgehead atoms. The standard InChI is InChI=1S/C20H23ClN4O3S/c1-25(9-10-27-2)19(22)14-5-3-13(4-6-14)16-11-15(28-24-16)12-23-20(26)17-7-8-18(21)29-17/h3-8,11,15,22,24H,9-10,12H2,1-2H3,(H,23,26). The average Bonchev–Trinajstić information content (AvgIpc) is 3.39. The first-order chi connectivity index (χ1) is 14.0. The summed E-state index contributed by atoms with van der Waals surface area (Å²) in [5.74, 6) is 0.264. The highest BCUT2D eigenvalue weighted by Crippen LogP contribution is 2.22. The third-order valence-corrected chi connectivity index (χ3v) is 5.65. The first kappa shape index (κ1) is 21.3. The van der Waals surface area contributed by atoms with E-state index >= 15 is 0 Å². The molecule has 0 radical (unpaired) electrons. The van der Waals surface area contributed by atoms with E-state index in [-0.39, 0.29) is 12.0 Å². The van der Waals surface area contributed by atoms with Gasteiger partial charge in [0.05, 0.1) is 28.1 Å². The van der Waals surface area contributed by atoms with Crippen molar-refractivity contribution < 1.29 is 14.4 Å². The van der Waals surface area contributed by atoms with Crippen molar-refractivity contribution in [3.63, 3.8) is 0 Å². The van der Waals surface area contributed by atoms with Crippen LogP contribution in [0.5, 0.6) is 0 Å². The van der Waals surface area contributed by atoms with Crippen LogP contribution < -0.4 is 10.8 Å². The molecule has 1 aromatic carbocycles. The lowest BCUT2D eigenvalue weighted by molar-refractivity contribution is 0.0499. The maximum absolute atomic E-state index is 12.1. The maximum Gasteiger partial charge on any atom is 0.261 e. The molecule has 3 N–H and O–H groups in total. The number of hydroxylamine groups is 1. The Hall–Kier alpha value is -2.39. The van der Waals surface area contributed by atoms with Gasteiger partial charge in [-0.05, 0) is 23.8 Å². The van der Waals surface area contributed by atoms with Crippen LogP contribution in [0.25, 0.3) is 5.70 Å². The topological polar surface area (TPSA) is 86.7 Å². The molecule has 0 aliphatic carbocycles. The minimum absolute atomic E-state index is 0.173. The third kappa shape index (κ3) is 5.57. The Kier molecular flexibility index (Phi) is 7.27. The molecule has 3 rings (SSSR count). The number of thiophene rings is 1. The number of rotatable bonds is 8. The van der Waals surface area contributed by atoms with Gasteiger partial charge in [-0.25, -0.2) is 0 Å². The number of carbonyl (C=O) groups excluding carboxylic acids is 1. The van der Waals surface area contributed by atoms with Crippen LogP contribution in [0.2, 0.25) is 4.34 Å². The molecule has 29 heavy (non-hydrogen) atoms. The summed E-state index contributed by atoms with van der Waals surface area (Å²) in [6.07, 6.45) is 1.65. The van der Waals surface area contributed by atoms with Crippen LogP contribution in [-0.2, 0) is 9.57 Å². The Bertz CT molecular complexity index is 897. The molecule has 1 aliphatic heterocycles. The fourth-order valence-corrected chi connectivity index (χ4v) is 3.69. The quantitative estimate of drug-likeness (QED) is 0.439. The lowest BCUT2D eigenvalue weighted by Gasteiger charge is -2.19. The van der Waals surface area contributed by atoms with Gasteiger partial charge in [-0.3, -0.25) is 20.5 Å². The number of carbonyl (C=O) groups is 1. The van der Waals surface area contributed by atoms with Gasteiger partial charge in [-0.2, -0.15) is 0 Å². The van der Waals surface area contributed by atoms with Crippen molar-refractivity contribution in [3.05, 3.63) is 62.8 Å². The van der Waals surface area contributed by atoms with E-state index < -0.39 is 0 Å². The first-order valence-electron chi connectivity index (χ1n) is 9.04. The second kappa shape index (κ2) is 9.89. The van der Waals surface area contributed by atoms with E-state index in [1.54, 1.807) is 19.2 Å². The number of amidine groups is 1. The van der Waals surface area contributed by atoms with Gasteiger partial charge in [0, 0.05) is 26.3 Å². The Balaban J connectivity index is 1.55. The highest BCUT2D eigenvalue weighted by atomic mass is 35.5. The van der Waals surface area contributed by atoms with Crippen molar-refractivity contribution in [1.82, 2.24) is 15.7 Å². The number of hydrogen-bond acceptors (Lipinski definition) is 6. The summed E-state index contributed by atoms with van der Waals surface area (Å²) >= 11 is 7.10. The molecule has 9 heteroatoms. The summed E-state index contributed by atoms with van der Waals surface area (Å²) in [5.41, 5.74) is 5.50. The molecule has 1 amide bonds. The SMILES string of the molecule is COCCN(C)C(=N)c1ccc(C2=CC(CNC(=O)c3ccc(Cl)s3)ON2)cc1. The number of amides is 1. The van der Waals surface area contributed by atoms with Crippen molar-refractivity contribution in [1.29, 1.82) is 5.41 Å². The highest BCUT2D eigenvalue weighted by molar-refractivity contribution is 7.17. The molecule has 1 unspecified atom stereocenters. The smallest absolute Gasteiger partial charge is 0.261 e. The first-order valence-corrected chi connectivity index (χ1v) is 10.2. The van der Waals surface area contributed by atoms with E-state index in [1.165, 1.54) is 11.3 Å². The van der Waals surface area contributed by atoms with Crippen LogP contribution in [0.4, 0.5) is 0 Å². The molecule has 1 aromatic heterocycles. The van der Waals surface area contributed by atoms with Gasteiger partial charge in [0.15, 0.2) is 0 Å². The molecule has 2 aromatic rings. The Morgan fingerprint density at radius 1 is 1.34 bits per heavy atom. The molecule has 2 heterocycles. The molecule has 154 valence electrons. The molecule has 0 saturated carbocycles. The predicted octanol–water partition coefficient (Wildman–Crippen LogP) is 2.98. The van der Waals surface area contributed by atoms with Crippen LogP contribution in [-0.4, -0.2) is 56.6 Å². The fourth-order valence-electron chi connectivity index (χ4n) is 2.73. The molecule has 1 atom stereocenters. The lowest BCUT2D eigenvalue weighted by Crippen LogP contribution is -2.31. The average molecular weight is 435 g/mol. The number of ether oxygens (including phenoxy) is 1. The minimum atomic E-state index is -0.275. The molecule has 0 saturated heterocycles. The second-order valence-electron chi connectivity index (χ2n) is 6.49. The van der Waals surface area contributed by atoms with E-state index in [0.29, 0.717) is 34.7 Å². The van der Waals surface area contributed by atoms with Gasteiger partial charge >= 0.3 is 0 Å². The zero-order valence-corrected chi connectivity index (χ0v) is 17.8. The molecule has 7 nitrogen and oxygen atoms in total. The van der Waals surface area contributed by atoms with Gasteiger partial charge in [0.1, 0.15) is 11.9 Å². The van der Waals surface area contributed by atoms with E-state index in [4.69, 9.17) is 26.6 Å². The molecule has 0 spiro atoms. The number of nitrogens with one attached hydrogen (secondary N) is 3. The summed E-state index contributed by atoms with van der Waals surface area (Å²) in [6.45, 7) is 1.57. The monoisotopic (exact) mass is 434 g/mol. The van der Waals surface area contributed by atoms with Crippen LogP contribution in [0.15, 0.2) is 42.5 Å². The Labute approximate surface area is 178 Å². The number of hydrogen-bond donors (Lipinski definition) is 3. The van der Waals surface area contributed by atoms with Gasteiger partial charge in [-0.15, -0.1) is 11.3 Å². The number of methoxy groups -OCH3 is 1. The van der Waals surface area contributed by atoms with Gasteiger partial charge in [-0.1, -0.05) is 35.9 Å². The van der Waals surface area contributed by atoms with E-state index in [2.05, 4.69) is 10.8 Å². The van der Waals surface area contributed by atoms with Crippen molar-refractivity contribution in [3.8, 4) is 0 Å². The number of likely N-dealkylation sites (N-methyl/N-ethyl adjacent to an activating group) is 1. The third-order valence-electron chi connectivity index (χ3n) is 4.42.